The van der Waals surface area contributed by atoms with Crippen molar-refractivity contribution in [2.45, 2.75) is 38.8 Å². The summed E-state index contributed by atoms with van der Waals surface area (Å²) in [6.07, 6.45) is 2.58. The molecule has 0 unspecified atom stereocenters. The number of aliphatic carboxylic acids is 1. The van der Waals surface area contributed by atoms with Crippen LogP contribution in [0.15, 0.2) is 36.4 Å². The molecule has 0 fully saturated rings. The molecule has 2 aromatic carbocycles. The molecule has 0 saturated carbocycles. The maximum Gasteiger partial charge on any atom is 0.320 e. The zero-order valence-corrected chi connectivity index (χ0v) is 13.1. The Bertz CT molecular complexity index is 639. The van der Waals surface area contributed by atoms with Crippen LogP contribution in [0, 0.1) is 0 Å². The highest BCUT2D eigenvalue weighted by Gasteiger charge is 2.15. The predicted octanol–water partition coefficient (Wildman–Crippen LogP) is 3.58. The molecule has 2 rings (SSSR count). The van der Waals surface area contributed by atoms with E-state index in [-0.39, 0.29) is 0 Å². The van der Waals surface area contributed by atoms with E-state index in [1.807, 2.05) is 30.3 Å². The van der Waals surface area contributed by atoms with Crippen molar-refractivity contribution in [3.8, 4) is 5.75 Å². The minimum absolute atomic E-state index is 0.480. The van der Waals surface area contributed by atoms with Crippen molar-refractivity contribution >= 4 is 16.7 Å². The third-order valence-corrected chi connectivity index (χ3v) is 3.81. The van der Waals surface area contributed by atoms with Gasteiger partial charge in [0.2, 0.25) is 0 Å². The van der Waals surface area contributed by atoms with Crippen LogP contribution >= 0.6 is 0 Å². The van der Waals surface area contributed by atoms with Crippen LogP contribution in [0.4, 0.5) is 0 Å². The quantitative estimate of drug-likeness (QED) is 0.782. The molecule has 0 aliphatic carbocycles. The van der Waals surface area contributed by atoms with Gasteiger partial charge in [0.05, 0.1) is 7.11 Å². The van der Waals surface area contributed by atoms with E-state index in [4.69, 9.17) is 4.74 Å². The molecule has 0 aliphatic heterocycles. The first-order chi connectivity index (χ1) is 10.6. The summed E-state index contributed by atoms with van der Waals surface area (Å²) in [4.78, 5) is 11.2. The van der Waals surface area contributed by atoms with Gasteiger partial charge in [-0.3, -0.25) is 4.79 Å². The number of benzene rings is 2. The van der Waals surface area contributed by atoms with Gasteiger partial charge in [0.25, 0.3) is 0 Å². The average Bonchev–Trinajstić information content (AvgIpc) is 2.53. The maximum atomic E-state index is 11.2. The molecule has 22 heavy (non-hydrogen) atoms. The zero-order chi connectivity index (χ0) is 15.9. The Kier molecular flexibility index (Phi) is 5.78. The van der Waals surface area contributed by atoms with Gasteiger partial charge in [-0.2, -0.15) is 0 Å². The zero-order valence-electron chi connectivity index (χ0n) is 13.1. The van der Waals surface area contributed by atoms with Crippen molar-refractivity contribution in [2.24, 2.45) is 0 Å². The summed E-state index contributed by atoms with van der Waals surface area (Å²) in [5.41, 5.74) is 1.08. The number of fused-ring (bicyclic) bond motifs is 1. The SMILES string of the molecule is CCCC[C@H](NCc1ccc2cc(OC)ccc2c1)C(=O)O. The molecular formula is C18H23NO3. The molecular weight excluding hydrogens is 278 g/mol. The topological polar surface area (TPSA) is 58.6 Å². The van der Waals surface area contributed by atoms with Crippen LogP contribution in [0.5, 0.6) is 5.75 Å². The molecule has 4 heteroatoms. The van der Waals surface area contributed by atoms with Crippen LogP contribution in [-0.4, -0.2) is 24.2 Å². The molecule has 4 nitrogen and oxygen atoms in total. The molecule has 118 valence electrons. The number of carboxylic acid groups (broad SMARTS) is 1. The Labute approximate surface area is 131 Å². The van der Waals surface area contributed by atoms with Gasteiger partial charge in [0, 0.05) is 6.54 Å². The van der Waals surface area contributed by atoms with Crippen LogP contribution < -0.4 is 10.1 Å². The van der Waals surface area contributed by atoms with E-state index in [1.165, 1.54) is 0 Å². The number of nitrogens with one attached hydrogen (secondary N) is 1. The second kappa shape index (κ2) is 7.80. The third kappa shape index (κ3) is 4.21. The van der Waals surface area contributed by atoms with E-state index >= 15 is 0 Å². The van der Waals surface area contributed by atoms with Gasteiger partial charge >= 0.3 is 5.97 Å². The molecule has 0 amide bonds. The van der Waals surface area contributed by atoms with E-state index in [0.717, 1.165) is 34.9 Å². The van der Waals surface area contributed by atoms with E-state index in [1.54, 1.807) is 7.11 Å². The summed E-state index contributed by atoms with van der Waals surface area (Å²) in [6, 6.07) is 11.6. The number of methoxy groups -OCH3 is 1. The van der Waals surface area contributed by atoms with Crippen LogP contribution in [0.25, 0.3) is 10.8 Å². The first kappa shape index (κ1) is 16.3. The van der Waals surface area contributed by atoms with Crippen LogP contribution in [0.3, 0.4) is 0 Å². The van der Waals surface area contributed by atoms with E-state index in [2.05, 4.69) is 18.3 Å². The molecule has 2 aromatic rings. The summed E-state index contributed by atoms with van der Waals surface area (Å²) < 4.78 is 5.22. The minimum Gasteiger partial charge on any atom is -0.497 e. The number of carboxylic acids is 1. The second-order valence-electron chi connectivity index (χ2n) is 5.46. The molecule has 0 saturated heterocycles. The summed E-state index contributed by atoms with van der Waals surface area (Å²) in [5, 5.41) is 14.6. The Hall–Kier alpha value is -2.07. The van der Waals surface area contributed by atoms with Gasteiger partial charge in [0.1, 0.15) is 11.8 Å². The Morgan fingerprint density at radius 2 is 1.95 bits per heavy atom. The summed E-state index contributed by atoms with van der Waals surface area (Å²) in [6.45, 7) is 2.62. The van der Waals surface area contributed by atoms with Crippen molar-refractivity contribution in [1.29, 1.82) is 0 Å². The fourth-order valence-electron chi connectivity index (χ4n) is 2.47. The van der Waals surface area contributed by atoms with Crippen molar-refractivity contribution in [3.63, 3.8) is 0 Å². The van der Waals surface area contributed by atoms with Gasteiger partial charge in [0.15, 0.2) is 0 Å². The highest BCUT2D eigenvalue weighted by atomic mass is 16.5. The molecule has 0 radical (unpaired) electrons. The maximum absolute atomic E-state index is 11.2. The van der Waals surface area contributed by atoms with Gasteiger partial charge in [-0.15, -0.1) is 0 Å². The van der Waals surface area contributed by atoms with Crippen molar-refractivity contribution in [2.75, 3.05) is 7.11 Å². The molecule has 2 N–H and O–H groups in total. The average molecular weight is 301 g/mol. The second-order valence-corrected chi connectivity index (χ2v) is 5.46. The lowest BCUT2D eigenvalue weighted by Gasteiger charge is -2.14. The van der Waals surface area contributed by atoms with Crippen LogP contribution in [0.2, 0.25) is 0 Å². The largest absolute Gasteiger partial charge is 0.497 e. The molecule has 0 aromatic heterocycles. The highest BCUT2D eigenvalue weighted by molar-refractivity contribution is 5.84. The highest BCUT2D eigenvalue weighted by Crippen LogP contribution is 2.21. The molecule has 0 aliphatic rings. The molecule has 0 bridgehead atoms. The van der Waals surface area contributed by atoms with Crippen molar-refractivity contribution in [3.05, 3.63) is 42.0 Å². The van der Waals surface area contributed by atoms with Gasteiger partial charge < -0.3 is 15.2 Å². The summed E-state index contributed by atoms with van der Waals surface area (Å²) >= 11 is 0. The monoisotopic (exact) mass is 301 g/mol. The standard InChI is InChI=1S/C18H23NO3/c1-3-4-5-17(18(20)21)19-12-13-6-7-15-11-16(22-2)9-8-14(15)10-13/h6-11,17,19H,3-5,12H2,1-2H3,(H,20,21)/t17-/m0/s1. The summed E-state index contributed by atoms with van der Waals surface area (Å²) in [5.74, 6) is 0.0582. The number of unbranched alkanes of at least 4 members (excludes halogenated alkanes) is 1. The number of carbonyl (C=O) groups is 1. The Balaban J connectivity index is 2.06. The Morgan fingerprint density at radius 1 is 1.23 bits per heavy atom. The number of hydrogen-bond donors (Lipinski definition) is 2. The Morgan fingerprint density at radius 3 is 2.64 bits per heavy atom. The van der Waals surface area contributed by atoms with Crippen LogP contribution in [0.1, 0.15) is 31.7 Å². The lowest BCUT2D eigenvalue weighted by Crippen LogP contribution is -2.36. The fourth-order valence-corrected chi connectivity index (χ4v) is 2.47. The van der Waals surface area contributed by atoms with Crippen molar-refractivity contribution < 1.29 is 14.6 Å². The lowest BCUT2D eigenvalue weighted by molar-refractivity contribution is -0.139. The lowest BCUT2D eigenvalue weighted by atomic mass is 10.1. The van der Waals surface area contributed by atoms with Gasteiger partial charge in [-0.05, 0) is 41.0 Å². The number of hydrogen-bond acceptors (Lipinski definition) is 3. The fraction of sp³-hybridized carbons (Fsp3) is 0.389. The third-order valence-electron chi connectivity index (χ3n) is 3.81. The van der Waals surface area contributed by atoms with E-state index in [9.17, 15) is 9.90 Å². The predicted molar refractivity (Wildman–Crippen MR) is 88.3 cm³/mol. The van der Waals surface area contributed by atoms with E-state index in [0.29, 0.717) is 13.0 Å². The number of ether oxygens (including phenoxy) is 1. The normalized spacial score (nSPS) is 12.3. The molecule has 0 heterocycles. The number of rotatable bonds is 8. The van der Waals surface area contributed by atoms with Gasteiger partial charge in [-0.25, -0.2) is 0 Å². The van der Waals surface area contributed by atoms with Gasteiger partial charge in [-0.1, -0.05) is 38.0 Å². The molecule has 1 atom stereocenters. The van der Waals surface area contributed by atoms with Crippen LogP contribution in [-0.2, 0) is 11.3 Å². The van der Waals surface area contributed by atoms with Crippen molar-refractivity contribution in [1.82, 2.24) is 5.32 Å². The molecule has 0 spiro atoms. The smallest absolute Gasteiger partial charge is 0.320 e. The summed E-state index contributed by atoms with van der Waals surface area (Å²) in [7, 11) is 1.65. The minimum atomic E-state index is -0.779. The first-order valence-electron chi connectivity index (χ1n) is 7.67. The van der Waals surface area contributed by atoms with E-state index < -0.39 is 12.0 Å². The first-order valence-corrected chi connectivity index (χ1v) is 7.67.